The zero-order valence-corrected chi connectivity index (χ0v) is 17.0. The van der Waals surface area contributed by atoms with Gasteiger partial charge in [0.2, 0.25) is 10.0 Å². The van der Waals surface area contributed by atoms with Crippen LogP contribution in [0.3, 0.4) is 0 Å². The first-order valence-electron chi connectivity index (χ1n) is 9.46. The van der Waals surface area contributed by atoms with Crippen molar-refractivity contribution in [3.8, 4) is 0 Å². The van der Waals surface area contributed by atoms with E-state index in [1.54, 1.807) is 19.1 Å². The zero-order valence-electron chi connectivity index (χ0n) is 16.2. The summed E-state index contributed by atoms with van der Waals surface area (Å²) in [4.78, 5) is 20.0. The number of H-pyrrole nitrogens is 1. The number of nitrogens with one attached hydrogen (secondary N) is 2. The van der Waals surface area contributed by atoms with Crippen molar-refractivity contribution in [2.75, 3.05) is 18.0 Å². The van der Waals surface area contributed by atoms with Crippen LogP contribution in [0.5, 0.6) is 0 Å². The molecular formula is C20H20F2N4O3S. The van der Waals surface area contributed by atoms with Crippen LogP contribution in [0.2, 0.25) is 0 Å². The molecule has 0 bridgehead atoms. The highest BCUT2D eigenvalue weighted by Crippen LogP contribution is 2.24. The van der Waals surface area contributed by atoms with E-state index >= 15 is 0 Å². The van der Waals surface area contributed by atoms with Gasteiger partial charge < -0.3 is 9.88 Å². The summed E-state index contributed by atoms with van der Waals surface area (Å²) < 4.78 is 56.1. The maximum absolute atomic E-state index is 14.5. The molecule has 1 aliphatic heterocycles. The molecule has 7 nitrogen and oxygen atoms in total. The zero-order chi connectivity index (χ0) is 21.5. The van der Waals surface area contributed by atoms with Crippen molar-refractivity contribution in [1.82, 2.24) is 14.7 Å². The number of hydrogen-bond donors (Lipinski definition) is 2. The number of nitrogens with zero attached hydrogens (tertiary/aromatic N) is 2. The van der Waals surface area contributed by atoms with E-state index in [-0.39, 0.29) is 16.7 Å². The van der Waals surface area contributed by atoms with E-state index in [0.717, 1.165) is 17.8 Å². The first-order chi connectivity index (χ1) is 14.2. The SMILES string of the molecule is Cc1nc2cc(F)c(S(=O)(=O)NC3CCN(c4cccc(F)c4)CC3)cc2c(=O)[nH]1. The minimum atomic E-state index is -4.18. The Bertz CT molecular complexity index is 1270. The fraction of sp³-hybridized carbons (Fsp3) is 0.300. The molecule has 1 aromatic heterocycles. The molecule has 10 heteroatoms. The lowest BCUT2D eigenvalue weighted by Crippen LogP contribution is -2.44. The number of aromatic amines is 1. The lowest BCUT2D eigenvalue weighted by Gasteiger charge is -2.33. The highest BCUT2D eigenvalue weighted by molar-refractivity contribution is 7.89. The molecule has 0 aliphatic carbocycles. The first-order valence-corrected chi connectivity index (χ1v) is 10.9. The second kappa shape index (κ2) is 7.77. The van der Waals surface area contributed by atoms with Gasteiger partial charge in [-0.1, -0.05) is 6.07 Å². The Morgan fingerprint density at radius 3 is 2.60 bits per heavy atom. The van der Waals surface area contributed by atoms with Crippen molar-refractivity contribution in [1.29, 1.82) is 0 Å². The molecule has 3 aromatic rings. The van der Waals surface area contributed by atoms with Crippen molar-refractivity contribution < 1.29 is 17.2 Å². The highest BCUT2D eigenvalue weighted by atomic mass is 32.2. The summed E-state index contributed by atoms with van der Waals surface area (Å²) in [5.41, 5.74) is 0.298. The molecule has 2 N–H and O–H groups in total. The first kappa shape index (κ1) is 20.4. The maximum atomic E-state index is 14.5. The molecule has 1 fully saturated rings. The van der Waals surface area contributed by atoms with Crippen molar-refractivity contribution in [3.05, 3.63) is 64.2 Å². The van der Waals surface area contributed by atoms with E-state index in [1.165, 1.54) is 12.1 Å². The van der Waals surface area contributed by atoms with Crippen LogP contribution in [0, 0.1) is 18.6 Å². The van der Waals surface area contributed by atoms with Crippen LogP contribution < -0.4 is 15.2 Å². The van der Waals surface area contributed by atoms with Gasteiger partial charge in [0.05, 0.1) is 10.9 Å². The van der Waals surface area contributed by atoms with Gasteiger partial charge in [-0.2, -0.15) is 0 Å². The number of aromatic nitrogens is 2. The third kappa shape index (κ3) is 4.05. The van der Waals surface area contributed by atoms with Gasteiger partial charge in [-0.15, -0.1) is 0 Å². The number of fused-ring (bicyclic) bond motifs is 1. The topological polar surface area (TPSA) is 95.2 Å². The Hall–Kier alpha value is -2.85. The second-order valence-corrected chi connectivity index (χ2v) is 9.00. The number of piperidine rings is 1. The summed E-state index contributed by atoms with van der Waals surface area (Å²) in [6.07, 6.45) is 0.957. The van der Waals surface area contributed by atoms with Crippen molar-refractivity contribution in [2.45, 2.75) is 30.7 Å². The number of benzene rings is 2. The smallest absolute Gasteiger partial charge is 0.258 e. The second-order valence-electron chi connectivity index (χ2n) is 7.31. The number of sulfonamides is 1. The lowest BCUT2D eigenvalue weighted by atomic mass is 10.1. The molecule has 0 unspecified atom stereocenters. The molecule has 2 heterocycles. The number of anilines is 1. The third-order valence-corrected chi connectivity index (χ3v) is 6.69. The molecule has 0 saturated carbocycles. The van der Waals surface area contributed by atoms with Gasteiger partial charge in [0.25, 0.3) is 5.56 Å². The average Bonchev–Trinajstić information content (AvgIpc) is 2.67. The van der Waals surface area contributed by atoms with Crippen LogP contribution in [0.1, 0.15) is 18.7 Å². The van der Waals surface area contributed by atoms with E-state index in [4.69, 9.17) is 0 Å². The molecule has 0 amide bonds. The van der Waals surface area contributed by atoms with Gasteiger partial charge >= 0.3 is 0 Å². The van der Waals surface area contributed by atoms with Gasteiger partial charge in [-0.3, -0.25) is 4.79 Å². The van der Waals surface area contributed by atoms with Gasteiger partial charge in [0.15, 0.2) is 0 Å². The minimum absolute atomic E-state index is 0.00305. The van der Waals surface area contributed by atoms with Crippen molar-refractivity contribution in [3.63, 3.8) is 0 Å². The maximum Gasteiger partial charge on any atom is 0.258 e. The predicted octanol–water partition coefficient (Wildman–Crippen LogP) is 2.46. The largest absolute Gasteiger partial charge is 0.371 e. The Morgan fingerprint density at radius 2 is 1.90 bits per heavy atom. The van der Waals surface area contributed by atoms with E-state index in [2.05, 4.69) is 14.7 Å². The summed E-state index contributed by atoms with van der Waals surface area (Å²) in [6, 6.07) is 7.79. The molecule has 30 heavy (non-hydrogen) atoms. The van der Waals surface area contributed by atoms with Crippen LogP contribution >= 0.6 is 0 Å². The standard InChI is InChI=1S/C20H20F2N4O3S/c1-12-23-18-11-17(22)19(10-16(18)20(27)24-12)30(28,29)25-14-5-7-26(8-6-14)15-4-2-3-13(21)9-15/h2-4,9-11,14,25H,5-8H2,1H3,(H,23,24,27). The van der Waals surface area contributed by atoms with E-state index in [1.807, 2.05) is 4.90 Å². The molecular weight excluding hydrogens is 414 g/mol. The fourth-order valence-electron chi connectivity index (χ4n) is 3.67. The van der Waals surface area contributed by atoms with Crippen LogP contribution in [0.15, 0.2) is 46.1 Å². The summed E-state index contributed by atoms with van der Waals surface area (Å²) >= 11 is 0. The third-order valence-electron chi connectivity index (χ3n) is 5.16. The van der Waals surface area contributed by atoms with Crippen LogP contribution in [-0.2, 0) is 10.0 Å². The van der Waals surface area contributed by atoms with Gasteiger partial charge in [0, 0.05) is 30.9 Å². The molecule has 4 rings (SSSR count). The normalized spacial score (nSPS) is 15.6. The van der Waals surface area contributed by atoms with E-state index in [0.29, 0.717) is 31.8 Å². The van der Waals surface area contributed by atoms with Crippen molar-refractivity contribution in [2.24, 2.45) is 0 Å². The summed E-state index contributed by atoms with van der Waals surface area (Å²) in [6.45, 7) is 2.61. The predicted molar refractivity (Wildman–Crippen MR) is 109 cm³/mol. The number of hydrogen-bond acceptors (Lipinski definition) is 5. The van der Waals surface area contributed by atoms with Gasteiger partial charge in [0.1, 0.15) is 22.4 Å². The lowest BCUT2D eigenvalue weighted by molar-refractivity contribution is 0.457. The molecule has 0 atom stereocenters. The van der Waals surface area contributed by atoms with Crippen LogP contribution in [0.25, 0.3) is 10.9 Å². The number of rotatable bonds is 4. The Balaban J connectivity index is 1.53. The molecule has 0 spiro atoms. The van der Waals surface area contributed by atoms with E-state index in [9.17, 15) is 22.0 Å². The summed E-state index contributed by atoms with van der Waals surface area (Å²) in [7, 11) is -4.18. The summed E-state index contributed by atoms with van der Waals surface area (Å²) in [5.74, 6) is -0.989. The summed E-state index contributed by atoms with van der Waals surface area (Å²) in [5, 5.41) is 0.00305. The number of aryl methyl sites for hydroxylation is 1. The Kier molecular flexibility index (Phi) is 5.29. The van der Waals surface area contributed by atoms with Crippen molar-refractivity contribution >= 4 is 26.6 Å². The van der Waals surface area contributed by atoms with Gasteiger partial charge in [-0.25, -0.2) is 26.9 Å². The Labute approximate surface area is 171 Å². The molecule has 158 valence electrons. The highest BCUT2D eigenvalue weighted by Gasteiger charge is 2.27. The molecule has 1 aliphatic rings. The monoisotopic (exact) mass is 434 g/mol. The fourth-order valence-corrected chi connectivity index (χ4v) is 5.06. The minimum Gasteiger partial charge on any atom is -0.371 e. The average molecular weight is 434 g/mol. The molecule has 1 saturated heterocycles. The van der Waals surface area contributed by atoms with Crippen LogP contribution in [0.4, 0.5) is 14.5 Å². The Morgan fingerprint density at radius 1 is 1.17 bits per heavy atom. The molecule has 0 radical (unpaired) electrons. The van der Waals surface area contributed by atoms with Crippen LogP contribution in [-0.4, -0.2) is 37.5 Å². The quantitative estimate of drug-likeness (QED) is 0.658. The molecule has 2 aromatic carbocycles. The van der Waals surface area contributed by atoms with E-state index < -0.39 is 32.3 Å². The number of halogens is 2. The van der Waals surface area contributed by atoms with Gasteiger partial charge in [-0.05, 0) is 44.0 Å².